The summed E-state index contributed by atoms with van der Waals surface area (Å²) in [6.07, 6.45) is 1.21. The molecule has 0 aliphatic rings. The van der Waals surface area contributed by atoms with Crippen molar-refractivity contribution < 1.29 is 9.31 Å². The second-order valence-electron chi connectivity index (χ2n) is 4.19. The van der Waals surface area contributed by atoms with Crippen LogP contribution in [0.3, 0.4) is 0 Å². The number of para-hydroxylation sites is 1. The highest BCUT2D eigenvalue weighted by atomic mass is 19.1. The molecule has 21 heavy (non-hydrogen) atoms. The fourth-order valence-corrected chi connectivity index (χ4v) is 1.92. The lowest BCUT2D eigenvalue weighted by Gasteiger charge is -2.19. The minimum Gasteiger partial charge on any atom is -0.364 e. The van der Waals surface area contributed by atoms with Gasteiger partial charge in [0.25, 0.3) is 0 Å². The summed E-state index contributed by atoms with van der Waals surface area (Å²) in [5.74, 6) is -0.357. The number of nitro groups is 1. The molecule has 0 aliphatic heterocycles. The highest BCUT2D eigenvalue weighted by molar-refractivity contribution is 5.75. The van der Waals surface area contributed by atoms with Gasteiger partial charge < -0.3 is 10.2 Å². The van der Waals surface area contributed by atoms with Gasteiger partial charge in [0, 0.05) is 13.6 Å². The van der Waals surface area contributed by atoms with Crippen molar-refractivity contribution in [2.75, 3.05) is 23.8 Å². The lowest BCUT2D eigenvalue weighted by atomic mass is 10.2. The van der Waals surface area contributed by atoms with E-state index in [1.807, 2.05) is 0 Å². The maximum atomic E-state index is 13.8. The fourth-order valence-electron chi connectivity index (χ4n) is 1.92. The van der Waals surface area contributed by atoms with Crippen LogP contribution < -0.4 is 10.2 Å². The molecule has 0 aliphatic carbocycles. The Morgan fingerprint density at radius 3 is 2.71 bits per heavy atom. The quantitative estimate of drug-likeness (QED) is 0.673. The first-order valence-corrected chi connectivity index (χ1v) is 6.27. The molecule has 1 aromatic carbocycles. The topological polar surface area (TPSA) is 84.2 Å². The number of halogens is 1. The first-order chi connectivity index (χ1) is 10.1. The van der Waals surface area contributed by atoms with Crippen molar-refractivity contribution in [3.05, 3.63) is 46.5 Å². The second kappa shape index (κ2) is 6.12. The SMILES string of the molecule is CCNc1ncnc(N(C)c2ccccc2F)c1[N+](=O)[O-]. The third-order valence-corrected chi connectivity index (χ3v) is 2.86. The van der Waals surface area contributed by atoms with Crippen molar-refractivity contribution in [1.82, 2.24) is 9.97 Å². The van der Waals surface area contributed by atoms with Crippen molar-refractivity contribution >= 4 is 23.0 Å². The van der Waals surface area contributed by atoms with E-state index < -0.39 is 10.7 Å². The van der Waals surface area contributed by atoms with E-state index in [0.29, 0.717) is 6.54 Å². The van der Waals surface area contributed by atoms with Crippen LogP contribution in [0.4, 0.5) is 27.4 Å². The molecule has 110 valence electrons. The molecule has 1 N–H and O–H groups in total. The molecule has 0 fully saturated rings. The van der Waals surface area contributed by atoms with E-state index in [2.05, 4.69) is 15.3 Å². The number of nitrogens with one attached hydrogen (secondary N) is 1. The zero-order valence-corrected chi connectivity index (χ0v) is 11.6. The Morgan fingerprint density at radius 1 is 1.38 bits per heavy atom. The number of aromatic nitrogens is 2. The fraction of sp³-hybridized carbons (Fsp3) is 0.231. The molecule has 0 atom stereocenters. The molecule has 1 aromatic heterocycles. The van der Waals surface area contributed by atoms with Gasteiger partial charge in [-0.05, 0) is 19.1 Å². The van der Waals surface area contributed by atoms with E-state index in [1.165, 1.54) is 30.4 Å². The molecule has 0 radical (unpaired) electrons. The van der Waals surface area contributed by atoms with Crippen LogP contribution in [0.2, 0.25) is 0 Å². The van der Waals surface area contributed by atoms with Crippen LogP contribution in [-0.2, 0) is 0 Å². The molecule has 8 heteroatoms. The second-order valence-corrected chi connectivity index (χ2v) is 4.19. The van der Waals surface area contributed by atoms with E-state index in [4.69, 9.17) is 0 Å². The minimum absolute atomic E-state index is 0.0241. The molecule has 1 heterocycles. The summed E-state index contributed by atoms with van der Waals surface area (Å²) in [4.78, 5) is 19.8. The molecule has 0 saturated heterocycles. The Labute approximate surface area is 120 Å². The predicted octanol–water partition coefficient (Wildman–Crippen LogP) is 2.72. The van der Waals surface area contributed by atoms with Gasteiger partial charge in [-0.25, -0.2) is 14.4 Å². The van der Waals surface area contributed by atoms with E-state index in [0.717, 1.165) is 0 Å². The zero-order chi connectivity index (χ0) is 15.4. The van der Waals surface area contributed by atoms with Crippen molar-refractivity contribution in [2.45, 2.75) is 6.92 Å². The molecule has 2 aromatic rings. The average molecular weight is 291 g/mol. The average Bonchev–Trinajstić information content (AvgIpc) is 2.47. The van der Waals surface area contributed by atoms with Crippen LogP contribution in [0.25, 0.3) is 0 Å². The molecule has 0 saturated carbocycles. The Hall–Kier alpha value is -2.77. The van der Waals surface area contributed by atoms with Gasteiger partial charge in [0.1, 0.15) is 12.1 Å². The van der Waals surface area contributed by atoms with E-state index in [-0.39, 0.29) is 23.0 Å². The first kappa shape index (κ1) is 14.6. The molecular formula is C13H14FN5O2. The maximum absolute atomic E-state index is 13.8. The molecule has 0 spiro atoms. The first-order valence-electron chi connectivity index (χ1n) is 6.27. The summed E-state index contributed by atoms with van der Waals surface area (Å²) in [7, 11) is 1.52. The zero-order valence-electron chi connectivity index (χ0n) is 11.6. The number of benzene rings is 1. The van der Waals surface area contributed by atoms with E-state index >= 15 is 0 Å². The summed E-state index contributed by atoms with van der Waals surface area (Å²) in [5, 5.41) is 14.1. The number of rotatable bonds is 5. The van der Waals surface area contributed by atoms with E-state index in [9.17, 15) is 14.5 Å². The van der Waals surface area contributed by atoms with Crippen molar-refractivity contribution in [1.29, 1.82) is 0 Å². The van der Waals surface area contributed by atoms with Crippen LogP contribution in [-0.4, -0.2) is 28.5 Å². The molecule has 7 nitrogen and oxygen atoms in total. The largest absolute Gasteiger partial charge is 0.364 e. The monoisotopic (exact) mass is 291 g/mol. The molecule has 0 bridgehead atoms. The summed E-state index contributed by atoms with van der Waals surface area (Å²) in [6.45, 7) is 2.27. The van der Waals surface area contributed by atoms with Crippen LogP contribution in [0.5, 0.6) is 0 Å². The van der Waals surface area contributed by atoms with Gasteiger partial charge in [-0.1, -0.05) is 12.1 Å². The van der Waals surface area contributed by atoms with Crippen LogP contribution in [0, 0.1) is 15.9 Å². The van der Waals surface area contributed by atoms with Crippen molar-refractivity contribution in [3.8, 4) is 0 Å². The van der Waals surface area contributed by atoms with Gasteiger partial charge in [-0.3, -0.25) is 10.1 Å². The van der Waals surface area contributed by atoms with Crippen LogP contribution in [0.1, 0.15) is 6.92 Å². The third kappa shape index (κ3) is 2.88. The Morgan fingerprint density at radius 2 is 2.10 bits per heavy atom. The highest BCUT2D eigenvalue weighted by Crippen LogP contribution is 2.35. The normalized spacial score (nSPS) is 10.2. The van der Waals surface area contributed by atoms with Gasteiger partial charge in [0.15, 0.2) is 0 Å². The van der Waals surface area contributed by atoms with Gasteiger partial charge in [-0.15, -0.1) is 0 Å². The summed E-state index contributed by atoms with van der Waals surface area (Å²) in [5.41, 5.74) is -0.0909. The number of nitrogens with zero attached hydrogens (tertiary/aromatic N) is 4. The lowest BCUT2D eigenvalue weighted by molar-refractivity contribution is -0.383. The highest BCUT2D eigenvalue weighted by Gasteiger charge is 2.26. The molecule has 2 rings (SSSR count). The van der Waals surface area contributed by atoms with Gasteiger partial charge >= 0.3 is 5.69 Å². The Kier molecular flexibility index (Phi) is 4.27. The standard InChI is InChI=1S/C13H14FN5O2/c1-3-15-12-11(19(20)21)13(17-8-16-12)18(2)10-7-5-4-6-9(10)14/h4-8H,3H2,1-2H3,(H,15,16,17). The molecule has 0 unspecified atom stereocenters. The maximum Gasteiger partial charge on any atom is 0.353 e. The summed E-state index contributed by atoms with van der Waals surface area (Å²) < 4.78 is 13.8. The van der Waals surface area contributed by atoms with Gasteiger partial charge in [-0.2, -0.15) is 0 Å². The van der Waals surface area contributed by atoms with Crippen molar-refractivity contribution in [3.63, 3.8) is 0 Å². The van der Waals surface area contributed by atoms with Gasteiger partial charge in [0.2, 0.25) is 11.6 Å². The van der Waals surface area contributed by atoms with Crippen LogP contribution in [0.15, 0.2) is 30.6 Å². The lowest BCUT2D eigenvalue weighted by Crippen LogP contribution is -2.16. The van der Waals surface area contributed by atoms with E-state index in [1.54, 1.807) is 19.1 Å². The summed E-state index contributed by atoms with van der Waals surface area (Å²) in [6, 6.07) is 6.00. The number of hydrogen-bond donors (Lipinski definition) is 1. The summed E-state index contributed by atoms with van der Waals surface area (Å²) >= 11 is 0. The van der Waals surface area contributed by atoms with Crippen LogP contribution >= 0.6 is 0 Å². The van der Waals surface area contributed by atoms with Gasteiger partial charge in [0.05, 0.1) is 10.6 Å². The number of hydrogen-bond acceptors (Lipinski definition) is 6. The minimum atomic E-state index is -0.579. The van der Waals surface area contributed by atoms with Crippen molar-refractivity contribution in [2.24, 2.45) is 0 Å². The molecule has 0 amide bonds. The Bertz CT molecular complexity index is 665. The molecular weight excluding hydrogens is 277 g/mol. The Balaban J connectivity index is 2.55. The predicted molar refractivity (Wildman–Crippen MR) is 77.3 cm³/mol. The smallest absolute Gasteiger partial charge is 0.353 e. The number of anilines is 3. The third-order valence-electron chi connectivity index (χ3n) is 2.86.